The molecule has 0 saturated carbocycles. The van der Waals surface area contributed by atoms with Gasteiger partial charge in [0.1, 0.15) is 5.15 Å². The number of hydrogen-bond donors (Lipinski definition) is 0. The Morgan fingerprint density at radius 2 is 1.90 bits per heavy atom. The summed E-state index contributed by atoms with van der Waals surface area (Å²) >= 11 is 5.57. The van der Waals surface area contributed by atoms with Crippen LogP contribution in [0.15, 0.2) is 11.2 Å². The van der Waals surface area contributed by atoms with Crippen LogP contribution in [-0.4, -0.2) is 47.4 Å². The molecule has 1 aromatic rings. The smallest absolute Gasteiger partial charge is 0.369 e. The highest BCUT2D eigenvalue weighted by Gasteiger charge is 2.56. The zero-order valence-corrected chi connectivity index (χ0v) is 11.9. The van der Waals surface area contributed by atoms with E-state index in [-0.39, 0.29) is 16.7 Å². The molecule has 0 spiro atoms. The molecule has 10 heteroatoms. The molecule has 118 valence electrons. The molecular weight excluding hydrogens is 319 g/mol. The molecule has 0 aliphatic carbocycles. The van der Waals surface area contributed by atoms with Gasteiger partial charge in [0.2, 0.25) is 0 Å². The van der Waals surface area contributed by atoms with E-state index in [1.54, 1.807) is 19.0 Å². The fourth-order valence-corrected chi connectivity index (χ4v) is 1.41. The lowest BCUT2D eigenvalue weighted by Gasteiger charge is -2.19. The predicted molar refractivity (Wildman–Crippen MR) is 68.2 cm³/mol. The number of rotatable bonds is 5. The standard InChI is InChI=1S/C11H12ClF5N4/c1-21(2)6-19-9-7(20-8(12)5-18-9)3-4-10(13,14)11(15,16)17/h5-6H,3-4H2,1-2H3. The lowest BCUT2D eigenvalue weighted by Crippen LogP contribution is -2.36. The van der Waals surface area contributed by atoms with Gasteiger partial charge in [0.25, 0.3) is 0 Å². The van der Waals surface area contributed by atoms with Gasteiger partial charge >= 0.3 is 12.1 Å². The van der Waals surface area contributed by atoms with Crippen molar-refractivity contribution in [2.24, 2.45) is 4.99 Å². The fraction of sp³-hybridized carbons (Fsp3) is 0.545. The number of aromatic nitrogens is 2. The first-order valence-electron chi connectivity index (χ1n) is 5.69. The topological polar surface area (TPSA) is 41.4 Å². The summed E-state index contributed by atoms with van der Waals surface area (Å²) in [6.45, 7) is 0. The van der Waals surface area contributed by atoms with Crippen molar-refractivity contribution >= 4 is 23.8 Å². The van der Waals surface area contributed by atoms with Gasteiger partial charge in [0.05, 0.1) is 18.2 Å². The molecule has 0 saturated heterocycles. The Morgan fingerprint density at radius 3 is 2.43 bits per heavy atom. The van der Waals surface area contributed by atoms with Crippen LogP contribution in [0.25, 0.3) is 0 Å². The Hall–Kier alpha value is -1.51. The number of aryl methyl sites for hydroxylation is 1. The summed E-state index contributed by atoms with van der Waals surface area (Å²) in [5.41, 5.74) is -0.121. The summed E-state index contributed by atoms with van der Waals surface area (Å²) in [7, 11) is 3.31. The lowest BCUT2D eigenvalue weighted by atomic mass is 10.1. The maximum Gasteiger partial charge on any atom is 0.453 e. The van der Waals surface area contributed by atoms with Crippen molar-refractivity contribution in [3.8, 4) is 0 Å². The number of nitrogens with zero attached hydrogens (tertiary/aromatic N) is 4. The molecule has 0 amide bonds. The molecule has 21 heavy (non-hydrogen) atoms. The highest BCUT2D eigenvalue weighted by atomic mass is 35.5. The molecule has 1 aromatic heterocycles. The molecule has 1 heterocycles. The molecule has 0 unspecified atom stereocenters. The fourth-order valence-electron chi connectivity index (χ4n) is 1.26. The monoisotopic (exact) mass is 330 g/mol. The molecule has 0 aliphatic heterocycles. The number of alkyl halides is 5. The molecule has 4 nitrogen and oxygen atoms in total. The molecule has 1 rings (SSSR count). The van der Waals surface area contributed by atoms with Crippen LogP contribution in [0.5, 0.6) is 0 Å². The second kappa shape index (κ2) is 6.50. The van der Waals surface area contributed by atoms with Crippen LogP contribution in [0, 0.1) is 0 Å². The average molecular weight is 331 g/mol. The van der Waals surface area contributed by atoms with Crippen LogP contribution in [0.3, 0.4) is 0 Å². The van der Waals surface area contributed by atoms with Crippen molar-refractivity contribution in [3.63, 3.8) is 0 Å². The van der Waals surface area contributed by atoms with E-state index in [9.17, 15) is 22.0 Å². The zero-order chi connectivity index (χ0) is 16.3. The van der Waals surface area contributed by atoms with E-state index in [1.165, 1.54) is 6.34 Å². The van der Waals surface area contributed by atoms with Gasteiger partial charge < -0.3 is 4.90 Å². The van der Waals surface area contributed by atoms with Gasteiger partial charge in [-0.05, 0) is 6.42 Å². The van der Waals surface area contributed by atoms with Crippen molar-refractivity contribution in [2.75, 3.05) is 14.1 Å². The maximum atomic E-state index is 12.9. The first kappa shape index (κ1) is 17.5. The summed E-state index contributed by atoms with van der Waals surface area (Å²) in [6.07, 6.45) is -5.25. The van der Waals surface area contributed by atoms with Crippen molar-refractivity contribution in [3.05, 3.63) is 17.0 Å². The second-order valence-electron chi connectivity index (χ2n) is 4.37. The van der Waals surface area contributed by atoms with Gasteiger partial charge in [-0.15, -0.1) is 0 Å². The lowest BCUT2D eigenvalue weighted by molar-refractivity contribution is -0.284. The van der Waals surface area contributed by atoms with Crippen LogP contribution in [-0.2, 0) is 6.42 Å². The highest BCUT2D eigenvalue weighted by Crippen LogP contribution is 2.39. The SMILES string of the molecule is CN(C)C=Nc1ncc(Cl)nc1CCC(F)(F)C(F)(F)F. The van der Waals surface area contributed by atoms with E-state index >= 15 is 0 Å². The highest BCUT2D eigenvalue weighted by molar-refractivity contribution is 6.29. The third kappa shape index (κ3) is 5.07. The van der Waals surface area contributed by atoms with Gasteiger partial charge in [-0.2, -0.15) is 22.0 Å². The third-order valence-electron chi connectivity index (χ3n) is 2.29. The maximum absolute atomic E-state index is 12.9. The minimum Gasteiger partial charge on any atom is -0.369 e. The normalized spacial score (nSPS) is 13.0. The Balaban J connectivity index is 2.95. The second-order valence-corrected chi connectivity index (χ2v) is 4.76. The minimum absolute atomic E-state index is 0.0499. The van der Waals surface area contributed by atoms with Gasteiger partial charge in [-0.3, -0.25) is 0 Å². The summed E-state index contributed by atoms with van der Waals surface area (Å²) in [5, 5.41) is -0.107. The molecule has 0 N–H and O–H groups in total. The molecule has 0 radical (unpaired) electrons. The van der Waals surface area contributed by atoms with Crippen molar-refractivity contribution in [2.45, 2.75) is 24.9 Å². The summed E-state index contributed by atoms with van der Waals surface area (Å²) in [5.74, 6) is -4.86. The Kier molecular flexibility index (Phi) is 5.43. The van der Waals surface area contributed by atoms with E-state index in [0.29, 0.717) is 0 Å². The number of hydrogen-bond acceptors (Lipinski definition) is 3. The van der Waals surface area contributed by atoms with Crippen LogP contribution in [0.1, 0.15) is 12.1 Å². The quantitative estimate of drug-likeness (QED) is 0.471. The Bertz CT molecular complexity index is 516. The van der Waals surface area contributed by atoms with E-state index in [2.05, 4.69) is 15.0 Å². The van der Waals surface area contributed by atoms with Crippen LogP contribution in [0.4, 0.5) is 27.8 Å². The molecule has 0 bridgehead atoms. The van der Waals surface area contributed by atoms with Crippen LogP contribution < -0.4 is 0 Å². The van der Waals surface area contributed by atoms with Crippen molar-refractivity contribution in [1.29, 1.82) is 0 Å². The molecule has 0 fully saturated rings. The van der Waals surface area contributed by atoms with Crippen molar-refractivity contribution < 1.29 is 22.0 Å². The largest absolute Gasteiger partial charge is 0.453 e. The Morgan fingerprint density at radius 1 is 1.29 bits per heavy atom. The van der Waals surface area contributed by atoms with Crippen LogP contribution >= 0.6 is 11.6 Å². The summed E-state index contributed by atoms with van der Waals surface area (Å²) in [6, 6.07) is 0. The number of halogens is 6. The first-order chi connectivity index (χ1) is 9.53. The molecular formula is C11H12ClF5N4. The van der Waals surface area contributed by atoms with E-state index in [4.69, 9.17) is 11.6 Å². The van der Waals surface area contributed by atoms with Gasteiger partial charge in [0.15, 0.2) is 5.82 Å². The average Bonchev–Trinajstić information content (AvgIpc) is 2.33. The van der Waals surface area contributed by atoms with E-state index in [0.717, 1.165) is 6.20 Å². The minimum atomic E-state index is -5.61. The summed E-state index contributed by atoms with van der Waals surface area (Å²) in [4.78, 5) is 12.9. The van der Waals surface area contributed by atoms with E-state index < -0.39 is 24.9 Å². The third-order valence-corrected chi connectivity index (χ3v) is 2.48. The van der Waals surface area contributed by atoms with Crippen LogP contribution in [0.2, 0.25) is 5.15 Å². The predicted octanol–water partition coefficient (Wildman–Crippen LogP) is 3.48. The molecule has 0 atom stereocenters. The van der Waals surface area contributed by atoms with Crippen molar-refractivity contribution in [1.82, 2.24) is 14.9 Å². The summed E-state index contributed by atoms with van der Waals surface area (Å²) < 4.78 is 62.2. The number of aliphatic imine (C=N–C) groups is 1. The Labute approximate surface area is 122 Å². The molecule has 0 aromatic carbocycles. The molecule has 0 aliphatic rings. The van der Waals surface area contributed by atoms with Gasteiger partial charge in [-0.1, -0.05) is 11.6 Å². The van der Waals surface area contributed by atoms with Gasteiger partial charge in [0, 0.05) is 20.5 Å². The zero-order valence-electron chi connectivity index (χ0n) is 11.1. The first-order valence-corrected chi connectivity index (χ1v) is 6.07. The van der Waals surface area contributed by atoms with E-state index in [1.807, 2.05) is 0 Å². The van der Waals surface area contributed by atoms with Gasteiger partial charge in [-0.25, -0.2) is 15.0 Å².